The normalized spacial score (nSPS) is 11.3. The molecular weight excluding hydrogens is 287 g/mol. The summed E-state index contributed by atoms with van der Waals surface area (Å²) in [4.78, 5) is 9.13. The van der Waals surface area contributed by atoms with Crippen LogP contribution in [0.1, 0.15) is 13.3 Å². The van der Waals surface area contributed by atoms with Gasteiger partial charge in [0, 0.05) is 18.7 Å². The van der Waals surface area contributed by atoms with E-state index in [4.69, 9.17) is 6.42 Å². The van der Waals surface area contributed by atoms with Crippen LogP contribution in [-0.4, -0.2) is 30.7 Å². The molecule has 20 heavy (non-hydrogen) atoms. The number of non-ortho nitro benzene ring substituents is 1. The van der Waals surface area contributed by atoms with Gasteiger partial charge in [0.05, 0.1) is 11.5 Å². The van der Waals surface area contributed by atoms with Gasteiger partial charge in [-0.3, -0.25) is 10.1 Å². The Morgan fingerprint density at radius 2 is 2.15 bits per heavy atom. The number of hydrogen-bond acceptors (Lipinski definition) is 4. The third kappa shape index (κ3) is 3.31. The van der Waals surface area contributed by atoms with Crippen molar-refractivity contribution >= 4 is 15.7 Å². The summed E-state index contributed by atoms with van der Waals surface area (Å²) in [5, 5.41) is 10.7. The Morgan fingerprint density at radius 1 is 1.50 bits per heavy atom. The maximum absolute atomic E-state index is 13.7. The molecule has 0 amide bonds. The second-order valence-electron chi connectivity index (χ2n) is 3.91. The summed E-state index contributed by atoms with van der Waals surface area (Å²) in [6.07, 6.45) is 5.58. The molecule has 1 aromatic carbocycles. The fourth-order valence-corrected chi connectivity index (χ4v) is 3.11. The lowest BCUT2D eigenvalue weighted by molar-refractivity contribution is -0.385. The monoisotopic (exact) mass is 300 g/mol. The summed E-state index contributed by atoms with van der Waals surface area (Å²) in [7, 11) is -4.20. The lowest BCUT2D eigenvalue weighted by atomic mass is 10.3. The highest BCUT2D eigenvalue weighted by atomic mass is 32.2. The Hall–Kier alpha value is -1.98. The third-order valence-corrected chi connectivity index (χ3v) is 4.34. The molecule has 0 aliphatic carbocycles. The second kappa shape index (κ2) is 6.45. The van der Waals surface area contributed by atoms with Crippen LogP contribution >= 0.6 is 0 Å². The molecule has 108 valence electrons. The van der Waals surface area contributed by atoms with E-state index in [1.54, 1.807) is 6.92 Å². The highest BCUT2D eigenvalue weighted by Crippen LogP contribution is 2.24. The van der Waals surface area contributed by atoms with Gasteiger partial charge in [-0.2, -0.15) is 4.31 Å². The first-order valence-corrected chi connectivity index (χ1v) is 7.16. The molecule has 6 nitrogen and oxygen atoms in total. The van der Waals surface area contributed by atoms with E-state index in [-0.39, 0.29) is 13.1 Å². The lowest BCUT2D eigenvalue weighted by Gasteiger charge is -2.19. The minimum absolute atomic E-state index is 0.106. The Balaban J connectivity index is 3.36. The Bertz CT molecular complexity index is 652. The minimum Gasteiger partial charge on any atom is -0.258 e. The molecule has 0 unspecified atom stereocenters. The molecule has 1 aromatic rings. The zero-order valence-corrected chi connectivity index (χ0v) is 11.6. The van der Waals surface area contributed by atoms with Gasteiger partial charge in [-0.1, -0.05) is 12.8 Å². The van der Waals surface area contributed by atoms with E-state index < -0.39 is 31.3 Å². The van der Waals surface area contributed by atoms with Crippen LogP contribution in [0.15, 0.2) is 23.1 Å². The van der Waals surface area contributed by atoms with Gasteiger partial charge in [-0.25, -0.2) is 12.8 Å². The van der Waals surface area contributed by atoms with Crippen molar-refractivity contribution in [1.29, 1.82) is 0 Å². The SMILES string of the molecule is C#CCN(CCC)S(=O)(=O)c1cc([N+](=O)[O-])ccc1F. The summed E-state index contributed by atoms with van der Waals surface area (Å²) < 4.78 is 39.2. The average molecular weight is 300 g/mol. The largest absolute Gasteiger partial charge is 0.270 e. The molecule has 0 fully saturated rings. The smallest absolute Gasteiger partial charge is 0.258 e. The van der Waals surface area contributed by atoms with Crippen LogP contribution in [-0.2, 0) is 10.0 Å². The van der Waals surface area contributed by atoms with Gasteiger partial charge in [0.1, 0.15) is 10.7 Å². The number of terminal acetylenes is 1. The van der Waals surface area contributed by atoms with Crippen molar-refractivity contribution in [3.05, 3.63) is 34.1 Å². The van der Waals surface area contributed by atoms with E-state index in [2.05, 4.69) is 5.92 Å². The first-order valence-electron chi connectivity index (χ1n) is 5.72. The van der Waals surface area contributed by atoms with Crippen molar-refractivity contribution in [2.24, 2.45) is 0 Å². The van der Waals surface area contributed by atoms with Gasteiger partial charge < -0.3 is 0 Å². The van der Waals surface area contributed by atoms with E-state index in [0.29, 0.717) is 12.5 Å². The number of halogens is 1. The number of nitro groups is 1. The fourth-order valence-electron chi connectivity index (χ4n) is 1.58. The van der Waals surface area contributed by atoms with Crippen LogP contribution < -0.4 is 0 Å². The highest BCUT2D eigenvalue weighted by molar-refractivity contribution is 7.89. The van der Waals surface area contributed by atoms with Crippen molar-refractivity contribution in [1.82, 2.24) is 4.31 Å². The van der Waals surface area contributed by atoms with Crippen LogP contribution in [0.4, 0.5) is 10.1 Å². The first-order chi connectivity index (χ1) is 9.34. The van der Waals surface area contributed by atoms with Crippen LogP contribution in [0.25, 0.3) is 0 Å². The molecular formula is C12H13FN2O4S. The number of rotatable bonds is 6. The van der Waals surface area contributed by atoms with Crippen molar-refractivity contribution < 1.29 is 17.7 Å². The lowest BCUT2D eigenvalue weighted by Crippen LogP contribution is -2.32. The number of nitro benzene ring substituents is 1. The topological polar surface area (TPSA) is 80.5 Å². The van der Waals surface area contributed by atoms with E-state index in [1.807, 2.05) is 0 Å². The summed E-state index contributed by atoms with van der Waals surface area (Å²) in [6.45, 7) is 1.62. The van der Waals surface area contributed by atoms with Crippen molar-refractivity contribution in [2.45, 2.75) is 18.2 Å². The third-order valence-electron chi connectivity index (χ3n) is 2.48. The van der Waals surface area contributed by atoms with Gasteiger partial charge in [0.15, 0.2) is 0 Å². The molecule has 0 aliphatic rings. The molecule has 0 atom stereocenters. The summed E-state index contributed by atoms with van der Waals surface area (Å²) in [5.41, 5.74) is -0.498. The number of hydrogen-bond donors (Lipinski definition) is 0. The molecule has 0 aromatic heterocycles. The van der Waals surface area contributed by atoms with Gasteiger partial charge in [-0.05, 0) is 12.5 Å². The molecule has 0 saturated carbocycles. The average Bonchev–Trinajstić information content (AvgIpc) is 2.38. The van der Waals surface area contributed by atoms with Crippen molar-refractivity contribution in [3.63, 3.8) is 0 Å². The Morgan fingerprint density at radius 3 is 2.65 bits per heavy atom. The van der Waals surface area contributed by atoms with Gasteiger partial charge in [0.25, 0.3) is 5.69 Å². The molecule has 0 saturated heterocycles. The van der Waals surface area contributed by atoms with Crippen LogP contribution in [0, 0.1) is 28.3 Å². The quantitative estimate of drug-likeness (QED) is 0.455. The molecule has 0 aliphatic heterocycles. The number of benzene rings is 1. The maximum atomic E-state index is 13.7. The van der Waals surface area contributed by atoms with Crippen molar-refractivity contribution in [3.8, 4) is 12.3 Å². The Labute approximate surface area is 116 Å². The predicted octanol–water partition coefficient (Wildman–Crippen LogP) is 1.77. The zero-order valence-electron chi connectivity index (χ0n) is 10.7. The van der Waals surface area contributed by atoms with E-state index in [9.17, 15) is 22.9 Å². The zero-order chi connectivity index (χ0) is 15.3. The molecule has 0 N–H and O–H groups in total. The fraction of sp³-hybridized carbons (Fsp3) is 0.333. The highest BCUT2D eigenvalue weighted by Gasteiger charge is 2.28. The van der Waals surface area contributed by atoms with Gasteiger partial charge in [-0.15, -0.1) is 6.42 Å². The van der Waals surface area contributed by atoms with Crippen molar-refractivity contribution in [2.75, 3.05) is 13.1 Å². The summed E-state index contributed by atoms with van der Waals surface area (Å²) in [6, 6.07) is 2.36. The van der Waals surface area contributed by atoms with Crippen LogP contribution in [0.3, 0.4) is 0 Å². The van der Waals surface area contributed by atoms with Crippen LogP contribution in [0.2, 0.25) is 0 Å². The van der Waals surface area contributed by atoms with E-state index >= 15 is 0 Å². The van der Waals surface area contributed by atoms with Gasteiger partial charge >= 0.3 is 0 Å². The molecule has 8 heteroatoms. The number of sulfonamides is 1. The molecule has 0 heterocycles. The standard InChI is InChI=1S/C12H13FN2O4S/c1-3-7-14(8-4-2)20(18,19)12-9-10(15(16)17)5-6-11(12)13/h1,5-6,9H,4,7-8H2,2H3. The Kier molecular flexibility index (Phi) is 5.19. The van der Waals surface area contributed by atoms with Gasteiger partial charge in [0.2, 0.25) is 10.0 Å². The summed E-state index contributed by atoms with van der Waals surface area (Å²) >= 11 is 0. The molecule has 1 rings (SSSR count). The van der Waals surface area contributed by atoms with E-state index in [0.717, 1.165) is 16.4 Å². The first kappa shape index (κ1) is 16.1. The number of nitrogens with zero attached hydrogens (tertiary/aromatic N) is 2. The van der Waals surface area contributed by atoms with Crippen LogP contribution in [0.5, 0.6) is 0 Å². The predicted molar refractivity (Wildman–Crippen MR) is 70.9 cm³/mol. The van der Waals surface area contributed by atoms with E-state index in [1.165, 1.54) is 0 Å². The minimum atomic E-state index is -4.20. The molecule has 0 spiro atoms. The summed E-state index contributed by atoms with van der Waals surface area (Å²) in [5.74, 6) is 1.13. The second-order valence-corrected chi connectivity index (χ2v) is 5.82. The maximum Gasteiger partial charge on any atom is 0.270 e. The molecule has 0 radical (unpaired) electrons. The molecule has 0 bridgehead atoms.